The number of aliphatic carboxylic acids is 1. The SMILES string of the molecule is N#CC(CCC(=O)[O-])(c1ccc(-n2ccnc2)nc1)N1CCOCC1. The molecule has 1 fully saturated rings. The molecule has 1 atom stereocenters. The molecule has 0 aromatic carbocycles. The first-order valence-electron chi connectivity index (χ1n) is 8.04. The second-order valence-corrected chi connectivity index (χ2v) is 5.82. The number of aromatic nitrogens is 3. The van der Waals surface area contributed by atoms with E-state index >= 15 is 0 Å². The van der Waals surface area contributed by atoms with Crippen LogP contribution >= 0.6 is 0 Å². The van der Waals surface area contributed by atoms with Gasteiger partial charge in [0.1, 0.15) is 17.7 Å². The molecule has 2 aromatic rings. The van der Waals surface area contributed by atoms with Crippen molar-refractivity contribution in [2.24, 2.45) is 0 Å². The van der Waals surface area contributed by atoms with E-state index in [9.17, 15) is 15.2 Å². The fourth-order valence-electron chi connectivity index (χ4n) is 3.08. The van der Waals surface area contributed by atoms with Gasteiger partial charge in [-0.15, -0.1) is 0 Å². The van der Waals surface area contributed by atoms with Crippen molar-refractivity contribution < 1.29 is 14.6 Å². The monoisotopic (exact) mass is 340 g/mol. The molecule has 0 bridgehead atoms. The Bertz CT molecular complexity index is 748. The summed E-state index contributed by atoms with van der Waals surface area (Å²) in [6.07, 6.45) is 6.63. The van der Waals surface area contributed by atoms with E-state index in [4.69, 9.17) is 4.74 Å². The Morgan fingerprint density at radius 3 is 2.76 bits per heavy atom. The summed E-state index contributed by atoms with van der Waals surface area (Å²) in [5, 5.41) is 21.0. The van der Waals surface area contributed by atoms with Gasteiger partial charge in [-0.2, -0.15) is 5.26 Å². The third-order valence-corrected chi connectivity index (χ3v) is 4.42. The van der Waals surface area contributed by atoms with Crippen molar-refractivity contribution in [3.8, 4) is 11.9 Å². The molecule has 1 unspecified atom stereocenters. The third-order valence-electron chi connectivity index (χ3n) is 4.42. The van der Waals surface area contributed by atoms with Gasteiger partial charge in [-0.05, 0) is 18.9 Å². The highest BCUT2D eigenvalue weighted by Crippen LogP contribution is 2.33. The number of pyridine rings is 1. The molecule has 3 heterocycles. The molecule has 0 spiro atoms. The topological polar surface area (TPSA) is 107 Å². The zero-order valence-electron chi connectivity index (χ0n) is 13.7. The number of nitriles is 1. The molecule has 8 heteroatoms. The Kier molecular flexibility index (Phi) is 5.07. The van der Waals surface area contributed by atoms with Crippen molar-refractivity contribution in [1.82, 2.24) is 19.4 Å². The molecule has 130 valence electrons. The van der Waals surface area contributed by atoms with Crippen LogP contribution in [0.4, 0.5) is 0 Å². The molecule has 8 nitrogen and oxygen atoms in total. The van der Waals surface area contributed by atoms with Gasteiger partial charge in [-0.25, -0.2) is 9.97 Å². The zero-order valence-corrected chi connectivity index (χ0v) is 13.7. The molecule has 0 saturated carbocycles. The summed E-state index contributed by atoms with van der Waals surface area (Å²) < 4.78 is 7.12. The van der Waals surface area contributed by atoms with E-state index in [-0.39, 0.29) is 12.8 Å². The summed E-state index contributed by atoms with van der Waals surface area (Å²) in [6.45, 7) is 2.14. The summed E-state index contributed by atoms with van der Waals surface area (Å²) in [5.41, 5.74) is -0.397. The summed E-state index contributed by atoms with van der Waals surface area (Å²) in [4.78, 5) is 21.4. The van der Waals surface area contributed by atoms with E-state index in [1.54, 1.807) is 35.6 Å². The fraction of sp³-hybridized carbons (Fsp3) is 0.412. The largest absolute Gasteiger partial charge is 0.550 e. The van der Waals surface area contributed by atoms with Crippen LogP contribution < -0.4 is 5.11 Å². The minimum atomic E-state index is -1.17. The third kappa shape index (κ3) is 3.52. The number of hydrogen-bond donors (Lipinski definition) is 0. The van der Waals surface area contributed by atoms with E-state index in [1.165, 1.54) is 0 Å². The van der Waals surface area contributed by atoms with Crippen molar-refractivity contribution in [2.45, 2.75) is 18.4 Å². The van der Waals surface area contributed by atoms with Gasteiger partial charge in [0.2, 0.25) is 0 Å². The molecular formula is C17H18N5O3-. The maximum atomic E-state index is 11.0. The first-order valence-corrected chi connectivity index (χ1v) is 8.04. The van der Waals surface area contributed by atoms with Crippen LogP contribution in [-0.2, 0) is 15.1 Å². The number of ether oxygens (including phenoxy) is 1. The number of morpholine rings is 1. The molecule has 1 aliphatic heterocycles. The summed E-state index contributed by atoms with van der Waals surface area (Å²) in [6, 6.07) is 5.94. The van der Waals surface area contributed by atoms with Crippen molar-refractivity contribution in [3.05, 3.63) is 42.6 Å². The van der Waals surface area contributed by atoms with Gasteiger partial charge in [-0.1, -0.05) is 6.07 Å². The van der Waals surface area contributed by atoms with Crippen LogP contribution in [0.5, 0.6) is 0 Å². The highest BCUT2D eigenvalue weighted by atomic mass is 16.5. The highest BCUT2D eigenvalue weighted by Gasteiger charge is 2.39. The molecule has 0 radical (unpaired) electrons. The number of rotatable bonds is 6. The quantitative estimate of drug-likeness (QED) is 0.719. The van der Waals surface area contributed by atoms with Gasteiger partial charge in [0.05, 0.1) is 19.3 Å². The number of carbonyl (C=O) groups is 1. The lowest BCUT2D eigenvalue weighted by Gasteiger charge is -2.41. The van der Waals surface area contributed by atoms with Crippen LogP contribution in [0.1, 0.15) is 18.4 Å². The molecule has 0 amide bonds. The Balaban J connectivity index is 1.95. The average Bonchev–Trinajstić information content (AvgIpc) is 3.19. The molecule has 1 aliphatic rings. The summed E-state index contributed by atoms with van der Waals surface area (Å²) in [5.74, 6) is -0.495. The van der Waals surface area contributed by atoms with Gasteiger partial charge in [0.25, 0.3) is 0 Å². The van der Waals surface area contributed by atoms with Crippen molar-refractivity contribution >= 4 is 5.97 Å². The van der Waals surface area contributed by atoms with Gasteiger partial charge in [0.15, 0.2) is 0 Å². The number of carboxylic acids is 1. The van der Waals surface area contributed by atoms with Gasteiger partial charge >= 0.3 is 0 Å². The van der Waals surface area contributed by atoms with Crippen LogP contribution in [0.15, 0.2) is 37.1 Å². The lowest BCUT2D eigenvalue weighted by Crippen LogP contribution is -2.51. The molecule has 0 N–H and O–H groups in total. The highest BCUT2D eigenvalue weighted by molar-refractivity contribution is 5.64. The molecule has 25 heavy (non-hydrogen) atoms. The average molecular weight is 340 g/mol. The Labute approximate surface area is 145 Å². The minimum Gasteiger partial charge on any atom is -0.550 e. The lowest BCUT2D eigenvalue weighted by molar-refractivity contribution is -0.306. The minimum absolute atomic E-state index is 0.137. The Morgan fingerprint density at radius 2 is 2.20 bits per heavy atom. The zero-order chi connectivity index (χ0) is 17.7. The van der Waals surface area contributed by atoms with Crippen LogP contribution in [0, 0.1) is 11.3 Å². The molecule has 1 saturated heterocycles. The van der Waals surface area contributed by atoms with Crippen molar-refractivity contribution in [3.63, 3.8) is 0 Å². The predicted molar refractivity (Wildman–Crippen MR) is 85.3 cm³/mol. The molecule has 3 rings (SSSR count). The standard InChI is InChI=1S/C17H19N5O3/c18-12-17(4-3-16(23)24,22-7-9-25-10-8-22)14-1-2-15(20-11-14)21-6-5-19-13-21/h1-2,5-6,11,13H,3-4,7-10H2,(H,23,24)/p-1. The Morgan fingerprint density at radius 1 is 1.40 bits per heavy atom. The van der Waals surface area contributed by atoms with E-state index in [2.05, 4.69) is 16.0 Å². The molecular weight excluding hydrogens is 322 g/mol. The molecule has 2 aromatic heterocycles. The van der Waals surface area contributed by atoms with Gasteiger partial charge < -0.3 is 14.6 Å². The number of nitrogens with zero attached hydrogens (tertiary/aromatic N) is 5. The summed E-state index contributed by atoms with van der Waals surface area (Å²) in [7, 11) is 0. The van der Waals surface area contributed by atoms with Gasteiger partial charge in [0, 0.05) is 43.2 Å². The van der Waals surface area contributed by atoms with E-state index < -0.39 is 11.5 Å². The number of carboxylic acid groups (broad SMARTS) is 1. The lowest BCUT2D eigenvalue weighted by atomic mass is 9.85. The smallest absolute Gasteiger partial charge is 0.137 e. The first kappa shape index (κ1) is 17.1. The second-order valence-electron chi connectivity index (χ2n) is 5.82. The second kappa shape index (κ2) is 7.42. The van der Waals surface area contributed by atoms with E-state index in [1.807, 2.05) is 11.0 Å². The Hall–Kier alpha value is -2.76. The number of imidazole rings is 1. The van der Waals surface area contributed by atoms with E-state index in [0.717, 1.165) is 0 Å². The first-order chi connectivity index (χ1) is 12.2. The maximum absolute atomic E-state index is 11.0. The number of hydrogen-bond acceptors (Lipinski definition) is 7. The van der Waals surface area contributed by atoms with Crippen LogP contribution in [-0.4, -0.2) is 51.7 Å². The normalized spacial score (nSPS) is 17.6. The maximum Gasteiger partial charge on any atom is 0.137 e. The molecule has 0 aliphatic carbocycles. The summed E-state index contributed by atoms with van der Waals surface area (Å²) >= 11 is 0. The number of carbonyl (C=O) groups excluding carboxylic acids is 1. The fourth-order valence-corrected chi connectivity index (χ4v) is 3.08. The van der Waals surface area contributed by atoms with E-state index in [0.29, 0.717) is 37.7 Å². The van der Waals surface area contributed by atoms with Crippen LogP contribution in [0.3, 0.4) is 0 Å². The van der Waals surface area contributed by atoms with Gasteiger partial charge in [-0.3, -0.25) is 9.47 Å². The predicted octanol–water partition coefficient (Wildman–Crippen LogP) is -0.152. The van der Waals surface area contributed by atoms with Crippen LogP contribution in [0.25, 0.3) is 5.82 Å². The van der Waals surface area contributed by atoms with Crippen molar-refractivity contribution in [2.75, 3.05) is 26.3 Å². The van der Waals surface area contributed by atoms with Crippen molar-refractivity contribution in [1.29, 1.82) is 5.26 Å². The van der Waals surface area contributed by atoms with Crippen LogP contribution in [0.2, 0.25) is 0 Å².